The summed E-state index contributed by atoms with van der Waals surface area (Å²) in [5, 5.41) is 8.04. The Kier molecular flexibility index (Phi) is 4.09. The maximum absolute atomic E-state index is 12.9. The van der Waals surface area contributed by atoms with Crippen LogP contribution in [-0.2, 0) is 0 Å². The van der Waals surface area contributed by atoms with Crippen molar-refractivity contribution in [2.75, 3.05) is 13.1 Å². The second-order valence-electron chi connectivity index (χ2n) is 7.06. The van der Waals surface area contributed by atoms with E-state index in [0.717, 1.165) is 47.4 Å². The summed E-state index contributed by atoms with van der Waals surface area (Å²) in [6.45, 7) is 1.49. The van der Waals surface area contributed by atoms with Crippen LogP contribution in [0.25, 0.3) is 22.2 Å². The lowest BCUT2D eigenvalue weighted by Crippen LogP contribution is -2.28. The van der Waals surface area contributed by atoms with Gasteiger partial charge in [-0.3, -0.25) is 19.9 Å². The first-order chi connectivity index (χ1) is 13.8. The maximum Gasteiger partial charge on any atom is 0.253 e. The number of hydrogen-bond donors (Lipinski definition) is 1. The summed E-state index contributed by atoms with van der Waals surface area (Å²) < 4.78 is 0. The highest BCUT2D eigenvalue weighted by Crippen LogP contribution is 2.28. The van der Waals surface area contributed by atoms with Gasteiger partial charge in [0, 0.05) is 59.8 Å². The second kappa shape index (κ2) is 6.88. The number of nitrogens with zero attached hydrogens (tertiary/aromatic N) is 4. The number of carbonyl (C=O) groups is 1. The van der Waals surface area contributed by atoms with Crippen molar-refractivity contribution in [2.45, 2.75) is 12.3 Å². The minimum absolute atomic E-state index is 0.0705. The Labute approximate surface area is 162 Å². The lowest BCUT2D eigenvalue weighted by atomic mass is 10.0. The number of aromatic amines is 1. The van der Waals surface area contributed by atoms with Crippen LogP contribution < -0.4 is 0 Å². The maximum atomic E-state index is 12.9. The van der Waals surface area contributed by atoms with Gasteiger partial charge in [0.05, 0.1) is 11.2 Å². The molecule has 0 spiro atoms. The molecule has 3 aromatic heterocycles. The average Bonchev–Trinajstić information content (AvgIpc) is 3.45. The summed E-state index contributed by atoms with van der Waals surface area (Å²) in [5.41, 5.74) is 4.57. The molecule has 1 amide bonds. The Morgan fingerprint density at radius 2 is 1.89 bits per heavy atom. The minimum Gasteiger partial charge on any atom is -0.338 e. The Hall–Kier alpha value is -3.54. The largest absolute Gasteiger partial charge is 0.338 e. The highest BCUT2D eigenvalue weighted by Gasteiger charge is 2.28. The fraction of sp³-hybridized carbons (Fsp3) is 0.182. The number of rotatable bonds is 3. The molecule has 138 valence electrons. The predicted molar refractivity (Wildman–Crippen MR) is 107 cm³/mol. The lowest BCUT2D eigenvalue weighted by Gasteiger charge is -2.16. The molecule has 0 bridgehead atoms. The van der Waals surface area contributed by atoms with E-state index in [4.69, 9.17) is 0 Å². The molecule has 6 heteroatoms. The van der Waals surface area contributed by atoms with Crippen LogP contribution in [0.4, 0.5) is 0 Å². The molecule has 28 heavy (non-hydrogen) atoms. The fourth-order valence-corrected chi connectivity index (χ4v) is 3.88. The number of carbonyl (C=O) groups excluding carboxylic acids is 1. The number of nitrogens with one attached hydrogen (secondary N) is 1. The number of aromatic nitrogens is 4. The van der Waals surface area contributed by atoms with Crippen LogP contribution in [-0.4, -0.2) is 44.1 Å². The SMILES string of the molecule is O=C(c1ccc(-c2nccc3ncccc23)cc1)N1CCC(c2ccn[nH]2)C1. The Bertz CT molecular complexity index is 1120. The molecule has 1 atom stereocenters. The smallest absolute Gasteiger partial charge is 0.253 e. The van der Waals surface area contributed by atoms with Crippen LogP contribution in [0.15, 0.2) is 67.1 Å². The molecule has 1 unspecified atom stereocenters. The number of fused-ring (bicyclic) bond motifs is 1. The number of benzene rings is 1. The first-order valence-corrected chi connectivity index (χ1v) is 9.38. The van der Waals surface area contributed by atoms with E-state index in [1.165, 1.54) is 0 Å². The minimum atomic E-state index is 0.0705. The molecule has 1 fully saturated rings. The van der Waals surface area contributed by atoms with Crippen molar-refractivity contribution in [1.82, 2.24) is 25.1 Å². The third-order valence-electron chi connectivity index (χ3n) is 5.37. The Morgan fingerprint density at radius 1 is 1.00 bits per heavy atom. The van der Waals surface area contributed by atoms with Crippen molar-refractivity contribution in [3.8, 4) is 11.3 Å². The summed E-state index contributed by atoms with van der Waals surface area (Å²) in [4.78, 5) is 23.7. The highest BCUT2D eigenvalue weighted by atomic mass is 16.2. The molecule has 1 N–H and O–H groups in total. The summed E-state index contributed by atoms with van der Waals surface area (Å²) in [5.74, 6) is 0.402. The quantitative estimate of drug-likeness (QED) is 0.598. The molecule has 1 saturated heterocycles. The molecule has 0 aliphatic carbocycles. The number of H-pyrrole nitrogens is 1. The van der Waals surface area contributed by atoms with Gasteiger partial charge in [-0.15, -0.1) is 0 Å². The number of hydrogen-bond acceptors (Lipinski definition) is 4. The Morgan fingerprint density at radius 3 is 2.71 bits per heavy atom. The summed E-state index contributed by atoms with van der Waals surface area (Å²) in [7, 11) is 0. The van der Waals surface area contributed by atoms with Crippen LogP contribution >= 0.6 is 0 Å². The molecule has 1 aliphatic heterocycles. The van der Waals surface area contributed by atoms with Gasteiger partial charge in [0.25, 0.3) is 5.91 Å². The first kappa shape index (κ1) is 16.6. The van der Waals surface area contributed by atoms with Gasteiger partial charge in [0.1, 0.15) is 0 Å². The molecule has 4 aromatic rings. The molecule has 5 rings (SSSR count). The standard InChI is InChI=1S/C22H19N5O/c28-22(27-13-9-17(14-27)19-8-12-25-26-19)16-5-3-15(4-6-16)21-18-2-1-10-23-20(18)7-11-24-21/h1-8,10-12,17H,9,13-14H2,(H,25,26). The van der Waals surface area contributed by atoms with Crippen LogP contribution in [0.5, 0.6) is 0 Å². The summed E-state index contributed by atoms with van der Waals surface area (Å²) in [6, 6.07) is 15.5. The fourth-order valence-electron chi connectivity index (χ4n) is 3.88. The van der Waals surface area contributed by atoms with Gasteiger partial charge in [-0.2, -0.15) is 5.10 Å². The highest BCUT2D eigenvalue weighted by molar-refractivity contribution is 5.96. The van der Waals surface area contributed by atoms with E-state index < -0.39 is 0 Å². The van der Waals surface area contributed by atoms with E-state index in [9.17, 15) is 4.79 Å². The van der Waals surface area contributed by atoms with E-state index in [0.29, 0.717) is 11.5 Å². The lowest BCUT2D eigenvalue weighted by molar-refractivity contribution is 0.0790. The zero-order valence-corrected chi connectivity index (χ0v) is 15.2. The molecule has 1 aromatic carbocycles. The number of pyridine rings is 2. The van der Waals surface area contributed by atoms with Crippen molar-refractivity contribution < 1.29 is 4.79 Å². The molecule has 0 radical (unpaired) electrons. The zero-order valence-electron chi connectivity index (χ0n) is 15.2. The number of amides is 1. The third-order valence-corrected chi connectivity index (χ3v) is 5.37. The molecular formula is C22H19N5O. The van der Waals surface area contributed by atoms with Gasteiger partial charge in [-0.25, -0.2) is 0 Å². The van der Waals surface area contributed by atoms with E-state index >= 15 is 0 Å². The van der Waals surface area contributed by atoms with Crippen molar-refractivity contribution in [2.24, 2.45) is 0 Å². The van der Waals surface area contributed by atoms with Gasteiger partial charge >= 0.3 is 0 Å². The van der Waals surface area contributed by atoms with Gasteiger partial charge in [-0.05, 0) is 42.8 Å². The molecule has 4 heterocycles. The van der Waals surface area contributed by atoms with Crippen molar-refractivity contribution in [1.29, 1.82) is 0 Å². The molecular weight excluding hydrogens is 350 g/mol. The van der Waals surface area contributed by atoms with Crippen molar-refractivity contribution in [3.63, 3.8) is 0 Å². The van der Waals surface area contributed by atoms with E-state index in [-0.39, 0.29) is 5.91 Å². The second-order valence-corrected chi connectivity index (χ2v) is 7.06. The first-order valence-electron chi connectivity index (χ1n) is 9.38. The predicted octanol–water partition coefficient (Wildman–Crippen LogP) is 3.65. The van der Waals surface area contributed by atoms with E-state index in [2.05, 4.69) is 20.2 Å². The average molecular weight is 369 g/mol. The number of likely N-dealkylation sites (tertiary alicyclic amines) is 1. The van der Waals surface area contributed by atoms with Crippen LogP contribution in [0.3, 0.4) is 0 Å². The monoisotopic (exact) mass is 369 g/mol. The zero-order chi connectivity index (χ0) is 18.9. The van der Waals surface area contributed by atoms with Gasteiger partial charge in [-0.1, -0.05) is 12.1 Å². The van der Waals surface area contributed by atoms with Gasteiger partial charge < -0.3 is 4.90 Å². The molecule has 0 saturated carbocycles. The van der Waals surface area contributed by atoms with Gasteiger partial charge in [0.2, 0.25) is 0 Å². The van der Waals surface area contributed by atoms with Crippen molar-refractivity contribution in [3.05, 3.63) is 78.4 Å². The molecule has 1 aliphatic rings. The Balaban J connectivity index is 1.37. The topological polar surface area (TPSA) is 74.8 Å². The van der Waals surface area contributed by atoms with Crippen LogP contribution in [0, 0.1) is 0 Å². The van der Waals surface area contributed by atoms with Crippen molar-refractivity contribution >= 4 is 16.8 Å². The summed E-state index contributed by atoms with van der Waals surface area (Å²) in [6.07, 6.45) is 6.26. The third kappa shape index (κ3) is 2.93. The van der Waals surface area contributed by atoms with Crippen LogP contribution in [0.1, 0.15) is 28.4 Å². The van der Waals surface area contributed by atoms with E-state index in [1.807, 2.05) is 53.4 Å². The van der Waals surface area contributed by atoms with Crippen LogP contribution in [0.2, 0.25) is 0 Å². The van der Waals surface area contributed by atoms with Gasteiger partial charge in [0.15, 0.2) is 0 Å². The molecule has 6 nitrogen and oxygen atoms in total. The normalized spacial score (nSPS) is 16.6. The summed E-state index contributed by atoms with van der Waals surface area (Å²) >= 11 is 0. The van der Waals surface area contributed by atoms with E-state index in [1.54, 1.807) is 18.6 Å².